The second kappa shape index (κ2) is 14.3. The van der Waals surface area contributed by atoms with Crippen LogP contribution in [0.5, 0.6) is 0 Å². The standard InChI is InChI=1S/C33H35F2N3O7S/c1-19(2)38-28(16-13-25(39)17-26(40)18-29(41)42)30(20-3-7-22(34)8-4-20)31(21-5-9-23(35)10-6-21)32(38)33(43)37-24-11-14-27(15-12-24)46(36,44)45/h3-12,14-15,19,25-26,39-40H,13,16-18H2,1-2H3,(H,37,43)(H,41,42)(H2,36,44,45)/t25-,26-/m1/s1. The van der Waals surface area contributed by atoms with E-state index < -0.39 is 52.2 Å². The van der Waals surface area contributed by atoms with Crippen LogP contribution in [0, 0.1) is 11.6 Å². The van der Waals surface area contributed by atoms with Crippen molar-refractivity contribution >= 4 is 27.6 Å². The number of nitrogens with two attached hydrogens (primary N) is 1. The number of hydrogen-bond donors (Lipinski definition) is 5. The summed E-state index contributed by atoms with van der Waals surface area (Å²) in [5.74, 6) is -2.77. The van der Waals surface area contributed by atoms with Gasteiger partial charge in [0.25, 0.3) is 5.91 Å². The predicted molar refractivity (Wildman–Crippen MR) is 169 cm³/mol. The number of primary sulfonamides is 1. The Morgan fingerprint density at radius 1 is 0.848 bits per heavy atom. The minimum Gasteiger partial charge on any atom is -0.481 e. The molecular weight excluding hydrogens is 620 g/mol. The van der Waals surface area contributed by atoms with Crippen LogP contribution in [-0.4, -0.2) is 52.4 Å². The highest BCUT2D eigenvalue weighted by atomic mass is 32.2. The first-order chi connectivity index (χ1) is 21.6. The maximum absolute atomic E-state index is 14.2. The number of anilines is 1. The van der Waals surface area contributed by atoms with Crippen molar-refractivity contribution in [2.24, 2.45) is 5.14 Å². The summed E-state index contributed by atoms with van der Waals surface area (Å²) in [4.78, 5) is 25.0. The Labute approximate surface area is 265 Å². The van der Waals surface area contributed by atoms with Gasteiger partial charge >= 0.3 is 5.97 Å². The van der Waals surface area contributed by atoms with E-state index in [2.05, 4.69) is 5.32 Å². The summed E-state index contributed by atoms with van der Waals surface area (Å²) in [7, 11) is -3.97. The predicted octanol–water partition coefficient (Wildman–Crippen LogP) is 5.10. The van der Waals surface area contributed by atoms with E-state index >= 15 is 0 Å². The Bertz CT molecular complexity index is 1810. The molecule has 0 unspecified atom stereocenters. The molecule has 0 aliphatic heterocycles. The Morgan fingerprint density at radius 3 is 1.85 bits per heavy atom. The van der Waals surface area contributed by atoms with Gasteiger partial charge in [-0.1, -0.05) is 24.3 Å². The quantitative estimate of drug-likeness (QED) is 0.133. The van der Waals surface area contributed by atoms with Crippen LogP contribution < -0.4 is 10.5 Å². The molecule has 3 aromatic carbocycles. The number of carbonyl (C=O) groups excluding carboxylic acids is 1. The Balaban J connectivity index is 1.90. The van der Waals surface area contributed by atoms with Crippen molar-refractivity contribution in [1.29, 1.82) is 0 Å². The maximum atomic E-state index is 14.2. The van der Waals surface area contributed by atoms with Crippen molar-refractivity contribution in [3.63, 3.8) is 0 Å². The fraction of sp³-hybridized carbons (Fsp3) is 0.273. The van der Waals surface area contributed by atoms with Gasteiger partial charge in [-0.05, 0) is 92.8 Å². The molecule has 46 heavy (non-hydrogen) atoms. The molecule has 0 bridgehead atoms. The molecular formula is C33H35F2N3O7S. The van der Waals surface area contributed by atoms with E-state index in [1.54, 1.807) is 16.7 Å². The van der Waals surface area contributed by atoms with Crippen LogP contribution in [0.15, 0.2) is 77.7 Å². The number of nitrogens with zero attached hydrogens (tertiary/aromatic N) is 1. The van der Waals surface area contributed by atoms with Gasteiger partial charge in [0.1, 0.15) is 17.3 Å². The Kier molecular flexibility index (Phi) is 10.7. The molecule has 4 aromatic rings. The van der Waals surface area contributed by atoms with E-state index in [0.717, 1.165) is 0 Å². The summed E-state index contributed by atoms with van der Waals surface area (Å²) in [6.07, 6.45) is -2.82. The number of aliphatic hydroxyl groups excluding tert-OH is 2. The van der Waals surface area contributed by atoms with Gasteiger partial charge in [0.2, 0.25) is 10.0 Å². The van der Waals surface area contributed by atoms with E-state index in [1.807, 2.05) is 13.8 Å². The molecule has 1 heterocycles. The largest absolute Gasteiger partial charge is 0.481 e. The molecule has 0 fully saturated rings. The number of amides is 1. The zero-order chi connectivity index (χ0) is 33.8. The third kappa shape index (κ3) is 8.23. The first-order valence-corrected chi connectivity index (χ1v) is 16.0. The average Bonchev–Trinajstić information content (AvgIpc) is 3.32. The number of carbonyl (C=O) groups is 2. The summed E-state index contributed by atoms with van der Waals surface area (Å²) in [6.45, 7) is 3.69. The first kappa shape index (κ1) is 34.4. The number of hydrogen-bond acceptors (Lipinski definition) is 6. The van der Waals surface area contributed by atoms with Gasteiger partial charge in [-0.25, -0.2) is 22.3 Å². The van der Waals surface area contributed by atoms with Crippen LogP contribution in [0.25, 0.3) is 22.3 Å². The highest BCUT2D eigenvalue weighted by molar-refractivity contribution is 7.89. The topological polar surface area (TPSA) is 172 Å². The lowest BCUT2D eigenvalue weighted by Gasteiger charge is -2.20. The third-order valence-corrected chi connectivity index (χ3v) is 8.34. The molecule has 10 nitrogen and oxygen atoms in total. The van der Waals surface area contributed by atoms with Gasteiger partial charge in [0.15, 0.2) is 0 Å². The average molecular weight is 656 g/mol. The van der Waals surface area contributed by atoms with Crippen LogP contribution in [0.2, 0.25) is 0 Å². The molecule has 13 heteroatoms. The maximum Gasteiger partial charge on any atom is 0.305 e. The van der Waals surface area contributed by atoms with E-state index in [4.69, 9.17) is 10.2 Å². The van der Waals surface area contributed by atoms with Crippen LogP contribution in [0.4, 0.5) is 14.5 Å². The number of carboxylic acid groups (broad SMARTS) is 1. The lowest BCUT2D eigenvalue weighted by molar-refractivity contribution is -0.139. The van der Waals surface area contributed by atoms with Gasteiger partial charge in [0.05, 0.1) is 23.5 Å². The van der Waals surface area contributed by atoms with E-state index in [-0.39, 0.29) is 41.6 Å². The van der Waals surface area contributed by atoms with Gasteiger partial charge in [-0.2, -0.15) is 0 Å². The number of aliphatic carboxylic acids is 1. The number of aliphatic hydroxyl groups is 2. The zero-order valence-corrected chi connectivity index (χ0v) is 26.0. The molecule has 0 aliphatic carbocycles. The summed E-state index contributed by atoms with van der Waals surface area (Å²) >= 11 is 0. The van der Waals surface area contributed by atoms with E-state index in [9.17, 15) is 37.0 Å². The second-order valence-electron chi connectivity index (χ2n) is 11.2. The Hall–Kier alpha value is -4.43. The summed E-state index contributed by atoms with van der Waals surface area (Å²) in [5.41, 5.74) is 3.00. The van der Waals surface area contributed by atoms with Gasteiger partial charge < -0.3 is 25.2 Å². The van der Waals surface area contributed by atoms with Crippen LogP contribution in [0.1, 0.15) is 55.3 Å². The molecule has 0 saturated carbocycles. The van der Waals surface area contributed by atoms with Crippen molar-refractivity contribution in [1.82, 2.24) is 4.57 Å². The van der Waals surface area contributed by atoms with Crippen molar-refractivity contribution in [2.45, 2.75) is 62.7 Å². The summed E-state index contributed by atoms with van der Waals surface area (Å²) in [6, 6.07) is 16.1. The molecule has 2 atom stereocenters. The van der Waals surface area contributed by atoms with Crippen LogP contribution in [0.3, 0.4) is 0 Å². The van der Waals surface area contributed by atoms with Crippen molar-refractivity contribution in [3.05, 3.63) is 95.8 Å². The SMILES string of the molecule is CC(C)n1c(CC[C@@H](O)C[C@@H](O)CC(=O)O)c(-c2ccc(F)cc2)c(-c2ccc(F)cc2)c1C(=O)Nc1ccc(S(N)(=O)=O)cc1. The molecule has 0 radical (unpaired) electrons. The van der Waals surface area contributed by atoms with Crippen LogP contribution >= 0.6 is 0 Å². The number of rotatable bonds is 13. The van der Waals surface area contributed by atoms with Crippen LogP contribution in [-0.2, 0) is 21.2 Å². The highest BCUT2D eigenvalue weighted by Gasteiger charge is 2.31. The summed E-state index contributed by atoms with van der Waals surface area (Å²) in [5, 5.41) is 37.8. The molecule has 0 aliphatic rings. The summed E-state index contributed by atoms with van der Waals surface area (Å²) < 4.78 is 53.4. The molecule has 244 valence electrons. The van der Waals surface area contributed by atoms with Crippen molar-refractivity contribution < 1.29 is 42.1 Å². The number of nitrogens with one attached hydrogen (secondary N) is 1. The van der Waals surface area contributed by atoms with Crippen molar-refractivity contribution in [3.8, 4) is 22.3 Å². The molecule has 0 saturated heterocycles. The molecule has 6 N–H and O–H groups in total. The minimum atomic E-state index is -3.97. The molecule has 1 aromatic heterocycles. The lowest BCUT2D eigenvalue weighted by atomic mass is 9.92. The van der Waals surface area contributed by atoms with E-state index in [0.29, 0.717) is 27.9 Å². The number of sulfonamides is 1. The highest BCUT2D eigenvalue weighted by Crippen LogP contribution is 2.43. The third-order valence-electron chi connectivity index (χ3n) is 7.41. The lowest BCUT2D eigenvalue weighted by Crippen LogP contribution is -2.23. The minimum absolute atomic E-state index is 0.0839. The zero-order valence-electron chi connectivity index (χ0n) is 25.2. The fourth-order valence-electron chi connectivity index (χ4n) is 5.44. The number of carboxylic acids is 1. The molecule has 0 spiro atoms. The second-order valence-corrected chi connectivity index (χ2v) is 12.8. The van der Waals surface area contributed by atoms with Gasteiger partial charge in [-0.3, -0.25) is 9.59 Å². The normalized spacial score (nSPS) is 13.0. The smallest absolute Gasteiger partial charge is 0.305 e. The first-order valence-electron chi connectivity index (χ1n) is 14.5. The number of aromatic nitrogens is 1. The fourth-order valence-corrected chi connectivity index (χ4v) is 5.96. The number of halogens is 2. The monoisotopic (exact) mass is 655 g/mol. The Morgan fingerprint density at radius 2 is 1.37 bits per heavy atom. The van der Waals surface area contributed by atoms with Gasteiger partial charge in [0, 0.05) is 28.6 Å². The van der Waals surface area contributed by atoms with Gasteiger partial charge in [-0.15, -0.1) is 0 Å². The van der Waals surface area contributed by atoms with E-state index in [1.165, 1.54) is 60.7 Å². The molecule has 4 rings (SSSR count). The molecule has 1 amide bonds. The van der Waals surface area contributed by atoms with Crippen molar-refractivity contribution in [2.75, 3.05) is 5.32 Å². The number of benzene rings is 3.